The van der Waals surface area contributed by atoms with Crippen LogP contribution in [0.2, 0.25) is 0 Å². The van der Waals surface area contributed by atoms with E-state index in [9.17, 15) is 4.39 Å². The fourth-order valence-corrected chi connectivity index (χ4v) is 2.32. The predicted molar refractivity (Wildman–Crippen MR) is 57.7 cm³/mol. The van der Waals surface area contributed by atoms with Crippen molar-refractivity contribution < 1.29 is 4.39 Å². The van der Waals surface area contributed by atoms with Gasteiger partial charge in [0.1, 0.15) is 5.82 Å². The van der Waals surface area contributed by atoms with Crippen molar-refractivity contribution in [3.63, 3.8) is 0 Å². The molecule has 0 unspecified atom stereocenters. The van der Waals surface area contributed by atoms with Crippen molar-refractivity contribution in [3.8, 4) is 0 Å². The molecule has 1 aliphatic rings. The van der Waals surface area contributed by atoms with Crippen LogP contribution in [0.25, 0.3) is 0 Å². The van der Waals surface area contributed by atoms with Crippen LogP contribution < -0.4 is 10.6 Å². The molecule has 1 aromatic rings. The second-order valence-electron chi connectivity index (χ2n) is 3.35. The monoisotopic (exact) mass is 258 g/mol. The van der Waals surface area contributed by atoms with E-state index in [0.717, 1.165) is 29.7 Å². The third-order valence-electron chi connectivity index (χ3n) is 2.39. The van der Waals surface area contributed by atoms with Gasteiger partial charge in [0, 0.05) is 35.7 Å². The molecular weight excluding hydrogens is 247 g/mol. The molecule has 0 aromatic heterocycles. The molecule has 1 aliphatic heterocycles. The number of piperazine rings is 1. The van der Waals surface area contributed by atoms with Gasteiger partial charge in [-0.25, -0.2) is 4.39 Å². The van der Waals surface area contributed by atoms with Crippen molar-refractivity contribution >= 4 is 15.9 Å². The lowest BCUT2D eigenvalue weighted by Crippen LogP contribution is -2.43. The van der Waals surface area contributed by atoms with E-state index >= 15 is 0 Å². The van der Waals surface area contributed by atoms with Gasteiger partial charge in [0.15, 0.2) is 0 Å². The number of hydrogen-bond donors (Lipinski definition) is 2. The Hall–Kier alpha value is -0.450. The first-order chi connectivity index (χ1) is 6.79. The largest absolute Gasteiger partial charge is 0.314 e. The first kappa shape index (κ1) is 10.1. The maximum absolute atomic E-state index is 13.5. The Morgan fingerprint density at radius 3 is 2.86 bits per heavy atom. The van der Waals surface area contributed by atoms with Gasteiger partial charge < -0.3 is 10.6 Å². The van der Waals surface area contributed by atoms with E-state index in [1.54, 1.807) is 6.07 Å². The van der Waals surface area contributed by atoms with Crippen molar-refractivity contribution in [3.05, 3.63) is 34.1 Å². The molecule has 0 bridgehead atoms. The normalized spacial score (nSPS) is 22.3. The Kier molecular flexibility index (Phi) is 3.15. The number of benzene rings is 1. The molecule has 1 saturated heterocycles. The van der Waals surface area contributed by atoms with Crippen molar-refractivity contribution in [1.82, 2.24) is 10.6 Å². The first-order valence-corrected chi connectivity index (χ1v) is 5.46. The summed E-state index contributed by atoms with van der Waals surface area (Å²) in [5.41, 5.74) is 0.722. The lowest BCUT2D eigenvalue weighted by atomic mass is 10.1. The molecule has 1 fully saturated rings. The molecule has 14 heavy (non-hydrogen) atoms. The van der Waals surface area contributed by atoms with Crippen molar-refractivity contribution in [1.29, 1.82) is 0 Å². The molecule has 2 rings (SSSR count). The van der Waals surface area contributed by atoms with Gasteiger partial charge in [-0.15, -0.1) is 0 Å². The van der Waals surface area contributed by atoms with Crippen LogP contribution in [0, 0.1) is 5.82 Å². The van der Waals surface area contributed by atoms with Crippen molar-refractivity contribution in [2.45, 2.75) is 6.04 Å². The van der Waals surface area contributed by atoms with Crippen LogP contribution in [0.15, 0.2) is 22.7 Å². The average Bonchev–Trinajstić information content (AvgIpc) is 2.19. The lowest BCUT2D eigenvalue weighted by molar-refractivity contribution is 0.415. The van der Waals surface area contributed by atoms with E-state index in [1.807, 2.05) is 6.07 Å². The summed E-state index contributed by atoms with van der Waals surface area (Å²) in [6, 6.07) is 5.14. The molecule has 0 amide bonds. The summed E-state index contributed by atoms with van der Waals surface area (Å²) >= 11 is 3.37. The molecule has 1 aromatic carbocycles. The van der Waals surface area contributed by atoms with Crippen LogP contribution in [0.3, 0.4) is 0 Å². The Balaban J connectivity index is 2.29. The van der Waals surface area contributed by atoms with E-state index in [0.29, 0.717) is 0 Å². The van der Waals surface area contributed by atoms with Gasteiger partial charge in [0.05, 0.1) is 0 Å². The maximum atomic E-state index is 13.5. The number of halogens is 2. The van der Waals surface area contributed by atoms with Gasteiger partial charge in [-0.05, 0) is 12.1 Å². The van der Waals surface area contributed by atoms with E-state index in [4.69, 9.17) is 0 Å². The topological polar surface area (TPSA) is 24.1 Å². The summed E-state index contributed by atoms with van der Waals surface area (Å²) in [4.78, 5) is 0. The molecule has 1 atom stereocenters. The molecule has 0 saturated carbocycles. The lowest BCUT2D eigenvalue weighted by Gasteiger charge is -2.25. The molecule has 0 aliphatic carbocycles. The standard InChI is InChI=1S/C10H12BrFN2/c11-7-2-1-3-8(12)10(7)9-6-13-4-5-14-9/h1-3,9,13-14H,4-6H2/t9-/m0/s1. The molecule has 4 heteroatoms. The molecule has 76 valence electrons. The van der Waals surface area contributed by atoms with E-state index in [-0.39, 0.29) is 11.9 Å². The smallest absolute Gasteiger partial charge is 0.129 e. The highest BCUT2D eigenvalue weighted by Gasteiger charge is 2.19. The summed E-state index contributed by atoms with van der Waals surface area (Å²) in [5, 5.41) is 6.52. The zero-order valence-electron chi connectivity index (χ0n) is 7.69. The van der Waals surface area contributed by atoms with Crippen LogP contribution in [0.5, 0.6) is 0 Å². The van der Waals surface area contributed by atoms with Gasteiger partial charge in [-0.2, -0.15) is 0 Å². The predicted octanol–water partition coefficient (Wildman–Crippen LogP) is 1.82. The van der Waals surface area contributed by atoms with Crippen LogP contribution in [-0.2, 0) is 0 Å². The highest BCUT2D eigenvalue weighted by molar-refractivity contribution is 9.10. The van der Waals surface area contributed by atoms with Crippen LogP contribution in [-0.4, -0.2) is 19.6 Å². The van der Waals surface area contributed by atoms with Gasteiger partial charge in [0.25, 0.3) is 0 Å². The third kappa shape index (κ3) is 1.97. The second-order valence-corrected chi connectivity index (χ2v) is 4.20. The Morgan fingerprint density at radius 1 is 1.36 bits per heavy atom. The van der Waals surface area contributed by atoms with Crippen LogP contribution in [0.4, 0.5) is 4.39 Å². The minimum absolute atomic E-state index is 0.0688. The molecule has 2 N–H and O–H groups in total. The minimum atomic E-state index is -0.152. The first-order valence-electron chi connectivity index (χ1n) is 4.67. The maximum Gasteiger partial charge on any atom is 0.129 e. The fourth-order valence-electron chi connectivity index (χ4n) is 1.70. The SMILES string of the molecule is Fc1cccc(Br)c1[C@@H]1CNCCN1. The van der Waals surface area contributed by atoms with Gasteiger partial charge in [-0.3, -0.25) is 0 Å². The summed E-state index contributed by atoms with van der Waals surface area (Å²) in [6.07, 6.45) is 0. The average molecular weight is 259 g/mol. The highest BCUT2D eigenvalue weighted by Crippen LogP contribution is 2.26. The zero-order chi connectivity index (χ0) is 9.97. The molecule has 0 spiro atoms. The number of hydrogen-bond acceptors (Lipinski definition) is 2. The molecular formula is C10H12BrFN2. The quantitative estimate of drug-likeness (QED) is 0.803. The molecule has 1 heterocycles. The van der Waals surface area contributed by atoms with Gasteiger partial charge in [-0.1, -0.05) is 22.0 Å². The Labute approximate surface area is 91.0 Å². The second kappa shape index (κ2) is 4.38. The van der Waals surface area contributed by atoms with E-state index in [2.05, 4.69) is 26.6 Å². The Bertz CT molecular complexity index is 304. The summed E-state index contributed by atoms with van der Waals surface area (Å²) in [6.45, 7) is 2.60. The van der Waals surface area contributed by atoms with Crippen molar-refractivity contribution in [2.75, 3.05) is 19.6 Å². The number of nitrogens with one attached hydrogen (secondary N) is 2. The van der Waals surface area contributed by atoms with Crippen molar-refractivity contribution in [2.24, 2.45) is 0 Å². The zero-order valence-corrected chi connectivity index (χ0v) is 9.27. The van der Waals surface area contributed by atoms with Gasteiger partial charge in [0.2, 0.25) is 0 Å². The van der Waals surface area contributed by atoms with Gasteiger partial charge >= 0.3 is 0 Å². The summed E-state index contributed by atoms with van der Waals surface area (Å²) in [7, 11) is 0. The number of rotatable bonds is 1. The Morgan fingerprint density at radius 2 is 2.21 bits per heavy atom. The van der Waals surface area contributed by atoms with Crippen LogP contribution in [0.1, 0.15) is 11.6 Å². The van der Waals surface area contributed by atoms with E-state index < -0.39 is 0 Å². The summed E-state index contributed by atoms with van der Waals surface area (Å²) in [5.74, 6) is -0.152. The minimum Gasteiger partial charge on any atom is -0.314 e. The molecule has 2 nitrogen and oxygen atoms in total. The van der Waals surface area contributed by atoms with E-state index in [1.165, 1.54) is 6.07 Å². The molecule has 0 radical (unpaired) electrons. The summed E-state index contributed by atoms with van der Waals surface area (Å²) < 4.78 is 14.4. The third-order valence-corrected chi connectivity index (χ3v) is 3.08. The van der Waals surface area contributed by atoms with Crippen LogP contribution >= 0.6 is 15.9 Å². The fraction of sp³-hybridized carbons (Fsp3) is 0.400. The highest BCUT2D eigenvalue weighted by atomic mass is 79.9.